The van der Waals surface area contributed by atoms with Gasteiger partial charge in [-0.3, -0.25) is 14.4 Å². The number of nitrogens with zero attached hydrogens (tertiary/aromatic N) is 2. The first-order chi connectivity index (χ1) is 18.9. The lowest BCUT2D eigenvalue weighted by Crippen LogP contribution is -2.58. The van der Waals surface area contributed by atoms with Gasteiger partial charge in [-0.25, -0.2) is 0 Å². The van der Waals surface area contributed by atoms with Crippen LogP contribution in [0.3, 0.4) is 0 Å². The molecule has 0 saturated carbocycles. The molecule has 2 aliphatic heterocycles. The summed E-state index contributed by atoms with van der Waals surface area (Å²) in [7, 11) is 1.57. The van der Waals surface area contributed by atoms with Gasteiger partial charge in [0.05, 0.1) is 44.9 Å². The molecule has 0 aromatic heterocycles. The summed E-state index contributed by atoms with van der Waals surface area (Å²) in [6.45, 7) is 3.94. The van der Waals surface area contributed by atoms with E-state index in [-0.39, 0.29) is 49.9 Å². The van der Waals surface area contributed by atoms with E-state index in [9.17, 15) is 14.4 Å². The van der Waals surface area contributed by atoms with Gasteiger partial charge in [0.2, 0.25) is 17.7 Å². The normalized spacial score (nSPS) is 20.5. The molecule has 39 heavy (non-hydrogen) atoms. The fourth-order valence-corrected chi connectivity index (χ4v) is 4.73. The zero-order valence-corrected chi connectivity index (χ0v) is 22.6. The van der Waals surface area contributed by atoms with Crippen LogP contribution in [-0.2, 0) is 41.6 Å². The number of fused-ring (bicyclic) bond motifs is 5. The zero-order chi connectivity index (χ0) is 27.6. The van der Waals surface area contributed by atoms with Crippen molar-refractivity contribution in [3.63, 3.8) is 0 Å². The molecule has 0 radical (unpaired) electrons. The molecule has 1 saturated heterocycles. The maximum Gasteiger partial charge on any atom is 0.248 e. The molecule has 1 N–H and O–H groups in total. The molecule has 210 valence electrons. The topological polar surface area (TPSA) is 107 Å². The van der Waals surface area contributed by atoms with Gasteiger partial charge in [-0.05, 0) is 48.7 Å². The number of nitrogens with one attached hydrogen (secondary N) is 1. The van der Waals surface area contributed by atoms with Gasteiger partial charge in [0.1, 0.15) is 18.1 Å². The summed E-state index contributed by atoms with van der Waals surface area (Å²) in [6.07, 6.45) is 0.389. The summed E-state index contributed by atoms with van der Waals surface area (Å²) in [5, 5.41) is 3.03. The Morgan fingerprint density at radius 1 is 1.08 bits per heavy atom. The number of carbonyl (C=O) groups is 3. The van der Waals surface area contributed by atoms with E-state index in [4.69, 9.17) is 18.9 Å². The Kier molecular flexibility index (Phi) is 10.3. The monoisotopic (exact) mass is 539 g/mol. The Morgan fingerprint density at radius 2 is 1.82 bits per heavy atom. The number of benzene rings is 2. The fraction of sp³-hybridized carbons (Fsp3) is 0.483. The molecule has 4 bridgehead atoms. The minimum Gasteiger partial charge on any atom is -0.457 e. The highest BCUT2D eigenvalue weighted by Crippen LogP contribution is 2.25. The number of likely N-dealkylation sites (tertiary alicyclic amines) is 1. The Labute approximate surface area is 229 Å². The van der Waals surface area contributed by atoms with Gasteiger partial charge in [-0.15, -0.1) is 0 Å². The molecule has 1 fully saturated rings. The minimum absolute atomic E-state index is 0.0544. The largest absolute Gasteiger partial charge is 0.457 e. The highest BCUT2D eigenvalue weighted by atomic mass is 16.5. The standard InChI is InChI=1S/C29H37N3O7/c1-3-31-18-27(33)30-25-17-32(29(35)20-37-13-12-36-2)11-10-26(25)38-19-22-7-5-9-24(15-22)39-23-8-4-6-21(14-23)16-28(31)34/h4-9,14-15,25-26H,3,10-13,16-20H2,1-2H3,(H,30,33)/t25-,26-/m0/s1. The van der Waals surface area contributed by atoms with E-state index >= 15 is 0 Å². The third kappa shape index (κ3) is 8.26. The van der Waals surface area contributed by atoms with E-state index in [0.29, 0.717) is 50.8 Å². The van der Waals surface area contributed by atoms with Crippen molar-refractivity contribution in [1.29, 1.82) is 0 Å². The molecular weight excluding hydrogens is 502 g/mol. The molecule has 0 aliphatic carbocycles. The summed E-state index contributed by atoms with van der Waals surface area (Å²) in [6, 6.07) is 14.6. The van der Waals surface area contributed by atoms with Gasteiger partial charge in [0.15, 0.2) is 0 Å². The molecule has 0 unspecified atom stereocenters. The maximum atomic E-state index is 13.1. The molecular formula is C29H37N3O7. The molecule has 2 atom stereocenters. The van der Waals surface area contributed by atoms with Crippen LogP contribution in [0.25, 0.3) is 0 Å². The van der Waals surface area contributed by atoms with Crippen LogP contribution >= 0.6 is 0 Å². The molecule has 2 aromatic carbocycles. The average Bonchev–Trinajstić information content (AvgIpc) is 2.93. The Balaban J connectivity index is 1.53. The summed E-state index contributed by atoms with van der Waals surface area (Å²) in [4.78, 5) is 42.1. The number of rotatable bonds is 6. The third-order valence-corrected chi connectivity index (χ3v) is 6.83. The van der Waals surface area contributed by atoms with Crippen LogP contribution in [0.2, 0.25) is 0 Å². The first kappa shape index (κ1) is 28.5. The van der Waals surface area contributed by atoms with Crippen molar-refractivity contribution >= 4 is 17.7 Å². The SMILES string of the molecule is CCN1CC(=O)N[C@H]2CN(C(=O)COCCOC)CC[C@@H]2OCc2cccc(c2)Oc2cccc(c2)CC1=O. The van der Waals surface area contributed by atoms with Gasteiger partial charge in [0.25, 0.3) is 0 Å². The lowest BCUT2D eigenvalue weighted by molar-refractivity contribution is -0.142. The van der Waals surface area contributed by atoms with Gasteiger partial charge in [-0.2, -0.15) is 0 Å². The Morgan fingerprint density at radius 3 is 2.56 bits per heavy atom. The quantitative estimate of drug-likeness (QED) is 0.561. The number of likely N-dealkylation sites (N-methyl/N-ethyl adjacent to an activating group) is 1. The van der Waals surface area contributed by atoms with Crippen molar-refractivity contribution in [1.82, 2.24) is 15.1 Å². The van der Waals surface area contributed by atoms with Gasteiger partial charge in [-0.1, -0.05) is 24.3 Å². The molecule has 0 spiro atoms. The molecule has 2 aromatic rings. The van der Waals surface area contributed by atoms with Crippen molar-refractivity contribution < 1.29 is 33.3 Å². The maximum absolute atomic E-state index is 13.1. The summed E-state index contributed by atoms with van der Waals surface area (Å²) in [5.41, 5.74) is 1.73. The lowest BCUT2D eigenvalue weighted by atomic mass is 10.0. The molecule has 3 amide bonds. The number of hydrogen-bond donors (Lipinski definition) is 1. The van der Waals surface area contributed by atoms with E-state index in [0.717, 1.165) is 11.1 Å². The second-order valence-corrected chi connectivity index (χ2v) is 9.68. The third-order valence-electron chi connectivity index (χ3n) is 6.83. The smallest absolute Gasteiger partial charge is 0.248 e. The van der Waals surface area contributed by atoms with Crippen LogP contribution in [0.5, 0.6) is 11.5 Å². The molecule has 2 heterocycles. The second-order valence-electron chi connectivity index (χ2n) is 9.68. The first-order valence-electron chi connectivity index (χ1n) is 13.3. The van der Waals surface area contributed by atoms with E-state index in [2.05, 4.69) is 5.32 Å². The van der Waals surface area contributed by atoms with Crippen LogP contribution in [0.1, 0.15) is 24.5 Å². The van der Waals surface area contributed by atoms with Crippen molar-refractivity contribution in [3.05, 3.63) is 59.7 Å². The summed E-state index contributed by atoms with van der Waals surface area (Å²) >= 11 is 0. The predicted octanol–water partition coefficient (Wildman–Crippen LogP) is 2.15. The van der Waals surface area contributed by atoms with Crippen LogP contribution in [0, 0.1) is 0 Å². The molecule has 10 nitrogen and oxygen atoms in total. The van der Waals surface area contributed by atoms with E-state index in [1.165, 1.54) is 4.90 Å². The highest BCUT2D eigenvalue weighted by molar-refractivity contribution is 5.86. The van der Waals surface area contributed by atoms with Crippen LogP contribution in [0.15, 0.2) is 48.5 Å². The lowest BCUT2D eigenvalue weighted by Gasteiger charge is -2.39. The van der Waals surface area contributed by atoms with Crippen molar-refractivity contribution in [2.75, 3.05) is 53.1 Å². The predicted molar refractivity (Wildman–Crippen MR) is 143 cm³/mol. The number of methoxy groups -OCH3 is 1. The van der Waals surface area contributed by atoms with Gasteiger partial charge < -0.3 is 34.1 Å². The van der Waals surface area contributed by atoms with Crippen LogP contribution in [0.4, 0.5) is 0 Å². The summed E-state index contributed by atoms with van der Waals surface area (Å²) in [5.74, 6) is 0.694. The van der Waals surface area contributed by atoms with Crippen molar-refractivity contribution in [2.24, 2.45) is 0 Å². The van der Waals surface area contributed by atoms with E-state index in [1.807, 2.05) is 55.5 Å². The number of hydrogen-bond acceptors (Lipinski definition) is 7. The van der Waals surface area contributed by atoms with Crippen LogP contribution in [-0.4, -0.2) is 92.8 Å². The Hall–Kier alpha value is -3.47. The van der Waals surface area contributed by atoms with Gasteiger partial charge in [0, 0.05) is 26.7 Å². The summed E-state index contributed by atoms with van der Waals surface area (Å²) < 4.78 is 22.7. The highest BCUT2D eigenvalue weighted by Gasteiger charge is 2.34. The number of ether oxygens (including phenoxy) is 4. The molecule has 4 rings (SSSR count). The first-order valence-corrected chi connectivity index (χ1v) is 13.3. The fourth-order valence-electron chi connectivity index (χ4n) is 4.73. The van der Waals surface area contributed by atoms with Crippen molar-refractivity contribution in [2.45, 2.75) is 38.5 Å². The number of piperidine rings is 1. The number of amides is 3. The van der Waals surface area contributed by atoms with Crippen LogP contribution < -0.4 is 10.1 Å². The second kappa shape index (κ2) is 14.1. The van der Waals surface area contributed by atoms with E-state index < -0.39 is 6.04 Å². The van der Waals surface area contributed by atoms with Gasteiger partial charge >= 0.3 is 0 Å². The molecule has 2 aliphatic rings. The minimum atomic E-state index is -0.437. The van der Waals surface area contributed by atoms with E-state index in [1.54, 1.807) is 12.0 Å². The molecule has 10 heteroatoms. The number of carbonyl (C=O) groups excluding carboxylic acids is 3. The Bertz CT molecular complexity index is 1140. The zero-order valence-electron chi connectivity index (χ0n) is 22.6. The van der Waals surface area contributed by atoms with Crippen molar-refractivity contribution in [3.8, 4) is 11.5 Å². The average molecular weight is 540 g/mol.